The molecule has 0 aliphatic carbocycles. The number of carbonyl (C=O) groups excluding carboxylic acids is 2. The standard InChI is InChI=1S/C18H17ClN2O4/c1-12(18(23)21-16-9-6-14(19)11-20-16)25-17(22)10-5-13-3-7-15(24-2)8-4-13/h3-12H,1-2H3,(H,20,21,23). The topological polar surface area (TPSA) is 77.5 Å². The van der Waals surface area contributed by atoms with E-state index < -0.39 is 18.0 Å². The maximum Gasteiger partial charge on any atom is 0.331 e. The van der Waals surface area contributed by atoms with Gasteiger partial charge in [-0.05, 0) is 42.8 Å². The summed E-state index contributed by atoms with van der Waals surface area (Å²) in [6, 6.07) is 10.3. The minimum Gasteiger partial charge on any atom is -0.497 e. The Bertz CT molecular complexity index is 758. The molecule has 1 atom stereocenters. The van der Waals surface area contributed by atoms with Crippen molar-refractivity contribution in [3.63, 3.8) is 0 Å². The average molecular weight is 361 g/mol. The maximum atomic E-state index is 12.0. The van der Waals surface area contributed by atoms with Crippen LogP contribution in [0.25, 0.3) is 6.08 Å². The van der Waals surface area contributed by atoms with Crippen LogP contribution in [-0.2, 0) is 14.3 Å². The molecule has 1 amide bonds. The summed E-state index contributed by atoms with van der Waals surface area (Å²) in [5.74, 6) is -0.0598. The van der Waals surface area contributed by atoms with Crippen LogP contribution in [0, 0.1) is 0 Å². The Morgan fingerprint density at radius 1 is 1.20 bits per heavy atom. The number of amides is 1. The van der Waals surface area contributed by atoms with Gasteiger partial charge in [-0.3, -0.25) is 4.79 Å². The molecular formula is C18H17ClN2O4. The van der Waals surface area contributed by atoms with E-state index in [1.807, 2.05) is 0 Å². The first-order valence-electron chi connectivity index (χ1n) is 7.43. The monoisotopic (exact) mass is 360 g/mol. The third-order valence-electron chi connectivity index (χ3n) is 3.17. The number of aromatic nitrogens is 1. The van der Waals surface area contributed by atoms with Crippen LogP contribution in [0.15, 0.2) is 48.7 Å². The zero-order chi connectivity index (χ0) is 18.2. The number of methoxy groups -OCH3 is 1. The fourth-order valence-electron chi connectivity index (χ4n) is 1.82. The molecule has 1 unspecified atom stereocenters. The van der Waals surface area contributed by atoms with E-state index >= 15 is 0 Å². The number of rotatable bonds is 6. The van der Waals surface area contributed by atoms with Gasteiger partial charge in [0, 0.05) is 12.3 Å². The van der Waals surface area contributed by atoms with E-state index in [2.05, 4.69) is 10.3 Å². The number of nitrogens with one attached hydrogen (secondary N) is 1. The zero-order valence-corrected chi connectivity index (χ0v) is 14.5. The highest BCUT2D eigenvalue weighted by atomic mass is 35.5. The summed E-state index contributed by atoms with van der Waals surface area (Å²) in [5, 5.41) is 3.00. The van der Waals surface area contributed by atoms with Crippen molar-refractivity contribution in [2.24, 2.45) is 0 Å². The van der Waals surface area contributed by atoms with Crippen molar-refractivity contribution in [2.45, 2.75) is 13.0 Å². The molecule has 2 aromatic rings. The Morgan fingerprint density at radius 3 is 2.52 bits per heavy atom. The number of anilines is 1. The summed E-state index contributed by atoms with van der Waals surface area (Å²) >= 11 is 5.72. The lowest BCUT2D eigenvalue weighted by molar-refractivity contribution is -0.148. The molecule has 0 aliphatic rings. The Morgan fingerprint density at radius 2 is 1.92 bits per heavy atom. The lowest BCUT2D eigenvalue weighted by atomic mass is 10.2. The number of carbonyl (C=O) groups is 2. The van der Waals surface area contributed by atoms with Crippen molar-refractivity contribution in [3.8, 4) is 5.75 Å². The van der Waals surface area contributed by atoms with Crippen molar-refractivity contribution in [1.29, 1.82) is 0 Å². The van der Waals surface area contributed by atoms with Gasteiger partial charge >= 0.3 is 5.97 Å². The number of ether oxygens (including phenoxy) is 2. The molecule has 7 heteroatoms. The molecular weight excluding hydrogens is 344 g/mol. The predicted octanol–water partition coefficient (Wildman–Crippen LogP) is 3.33. The summed E-state index contributed by atoms with van der Waals surface area (Å²) < 4.78 is 10.1. The normalized spacial score (nSPS) is 11.8. The van der Waals surface area contributed by atoms with Crippen LogP contribution in [0.5, 0.6) is 5.75 Å². The number of nitrogens with zero attached hydrogens (tertiary/aromatic N) is 1. The second kappa shape index (κ2) is 8.84. The van der Waals surface area contributed by atoms with E-state index in [4.69, 9.17) is 21.1 Å². The fraction of sp³-hybridized carbons (Fsp3) is 0.167. The number of hydrogen-bond acceptors (Lipinski definition) is 5. The smallest absolute Gasteiger partial charge is 0.331 e. The molecule has 1 aromatic heterocycles. The third-order valence-corrected chi connectivity index (χ3v) is 3.39. The second-order valence-electron chi connectivity index (χ2n) is 5.04. The molecule has 6 nitrogen and oxygen atoms in total. The van der Waals surface area contributed by atoms with Gasteiger partial charge in [-0.25, -0.2) is 9.78 Å². The number of benzene rings is 1. The minimum atomic E-state index is -0.967. The second-order valence-corrected chi connectivity index (χ2v) is 5.47. The number of halogens is 1. The highest BCUT2D eigenvalue weighted by Crippen LogP contribution is 2.13. The van der Waals surface area contributed by atoms with Gasteiger partial charge in [0.2, 0.25) is 0 Å². The van der Waals surface area contributed by atoms with Crippen LogP contribution in [0.4, 0.5) is 5.82 Å². The van der Waals surface area contributed by atoms with Crippen molar-refractivity contribution >= 4 is 35.4 Å². The molecule has 1 heterocycles. The van der Waals surface area contributed by atoms with Gasteiger partial charge in [0.1, 0.15) is 11.6 Å². The van der Waals surface area contributed by atoms with Crippen molar-refractivity contribution in [1.82, 2.24) is 4.98 Å². The summed E-state index contributed by atoms with van der Waals surface area (Å²) in [6.45, 7) is 1.48. The van der Waals surface area contributed by atoms with Gasteiger partial charge in [-0.1, -0.05) is 23.7 Å². The fourth-order valence-corrected chi connectivity index (χ4v) is 1.94. The molecule has 0 saturated carbocycles. The van der Waals surface area contributed by atoms with Gasteiger partial charge < -0.3 is 14.8 Å². The summed E-state index contributed by atoms with van der Waals surface area (Å²) in [5.41, 5.74) is 0.806. The summed E-state index contributed by atoms with van der Waals surface area (Å²) in [6.07, 6.45) is 3.29. The molecule has 0 fully saturated rings. The molecule has 130 valence electrons. The summed E-state index contributed by atoms with van der Waals surface area (Å²) in [7, 11) is 1.58. The van der Waals surface area contributed by atoms with Crippen LogP contribution >= 0.6 is 11.6 Å². The van der Waals surface area contributed by atoms with Crippen molar-refractivity contribution < 1.29 is 19.1 Å². The largest absolute Gasteiger partial charge is 0.497 e. The third kappa shape index (κ3) is 5.93. The minimum absolute atomic E-state index is 0.325. The van der Waals surface area contributed by atoms with Gasteiger partial charge in [-0.15, -0.1) is 0 Å². The van der Waals surface area contributed by atoms with Crippen LogP contribution in [-0.4, -0.2) is 30.1 Å². The Balaban J connectivity index is 1.86. The lowest BCUT2D eigenvalue weighted by Gasteiger charge is -2.11. The lowest BCUT2D eigenvalue weighted by Crippen LogP contribution is -2.29. The Labute approximate surface area is 150 Å². The Hall–Kier alpha value is -2.86. The van der Waals surface area contributed by atoms with E-state index in [1.54, 1.807) is 49.6 Å². The first-order valence-corrected chi connectivity index (χ1v) is 7.81. The molecule has 0 saturated heterocycles. The molecule has 25 heavy (non-hydrogen) atoms. The summed E-state index contributed by atoms with van der Waals surface area (Å²) in [4.78, 5) is 27.7. The van der Waals surface area contributed by atoms with Crippen LogP contribution in [0.1, 0.15) is 12.5 Å². The van der Waals surface area contributed by atoms with E-state index in [1.165, 1.54) is 19.2 Å². The highest BCUT2D eigenvalue weighted by molar-refractivity contribution is 6.30. The number of pyridine rings is 1. The molecule has 0 radical (unpaired) electrons. The van der Waals surface area contributed by atoms with E-state index in [0.717, 1.165) is 11.3 Å². The van der Waals surface area contributed by atoms with E-state index in [0.29, 0.717) is 10.8 Å². The highest BCUT2D eigenvalue weighted by Gasteiger charge is 2.17. The predicted molar refractivity (Wildman–Crippen MR) is 95.5 cm³/mol. The molecule has 0 aliphatic heterocycles. The quantitative estimate of drug-likeness (QED) is 0.631. The van der Waals surface area contributed by atoms with Gasteiger partial charge in [-0.2, -0.15) is 0 Å². The van der Waals surface area contributed by atoms with Gasteiger partial charge in [0.05, 0.1) is 12.1 Å². The number of hydrogen-bond donors (Lipinski definition) is 1. The molecule has 1 N–H and O–H groups in total. The first kappa shape index (κ1) is 18.5. The average Bonchev–Trinajstić information content (AvgIpc) is 2.62. The van der Waals surface area contributed by atoms with E-state index in [-0.39, 0.29) is 0 Å². The van der Waals surface area contributed by atoms with Crippen molar-refractivity contribution in [2.75, 3.05) is 12.4 Å². The molecule has 1 aromatic carbocycles. The van der Waals surface area contributed by atoms with Gasteiger partial charge in [0.15, 0.2) is 6.10 Å². The SMILES string of the molecule is COc1ccc(C=CC(=O)OC(C)C(=O)Nc2ccc(Cl)cn2)cc1. The van der Waals surface area contributed by atoms with Crippen molar-refractivity contribution in [3.05, 3.63) is 59.3 Å². The zero-order valence-electron chi connectivity index (χ0n) is 13.7. The van der Waals surface area contributed by atoms with E-state index in [9.17, 15) is 9.59 Å². The first-order chi connectivity index (χ1) is 12.0. The van der Waals surface area contributed by atoms with Crippen LogP contribution < -0.4 is 10.1 Å². The van der Waals surface area contributed by atoms with Crippen LogP contribution in [0.2, 0.25) is 5.02 Å². The number of esters is 1. The molecule has 2 rings (SSSR count). The Kier molecular flexibility index (Phi) is 6.54. The van der Waals surface area contributed by atoms with Gasteiger partial charge in [0.25, 0.3) is 5.91 Å². The molecule has 0 bridgehead atoms. The maximum absolute atomic E-state index is 12.0. The van der Waals surface area contributed by atoms with Crippen LogP contribution in [0.3, 0.4) is 0 Å². The molecule has 0 spiro atoms.